The quantitative estimate of drug-likeness (QED) is 0.710. The van der Waals surface area contributed by atoms with E-state index in [2.05, 4.69) is 0 Å². The average molecular weight is 361 g/mol. The molecule has 2 aromatic carbocycles. The smallest absolute Gasteiger partial charge is 0.321 e. The first-order valence-corrected chi connectivity index (χ1v) is 9.54. The van der Waals surface area contributed by atoms with Crippen LogP contribution in [0.4, 0.5) is 0 Å². The fourth-order valence-electron chi connectivity index (χ4n) is 2.68. The minimum absolute atomic E-state index is 0.163. The van der Waals surface area contributed by atoms with E-state index < -0.39 is 22.0 Å². The molecule has 2 aromatic rings. The number of carbonyl (C=O) groups is 1. The summed E-state index contributed by atoms with van der Waals surface area (Å²) >= 11 is 0. The van der Waals surface area contributed by atoms with Gasteiger partial charge in [-0.25, -0.2) is 8.42 Å². The van der Waals surface area contributed by atoms with E-state index in [1.54, 1.807) is 24.3 Å². The maximum Gasteiger partial charge on any atom is 0.321 e. The summed E-state index contributed by atoms with van der Waals surface area (Å²) in [4.78, 5) is 12.0. The molecule has 0 heterocycles. The molecular weight excluding hydrogens is 338 g/mol. The van der Waals surface area contributed by atoms with Gasteiger partial charge in [0.25, 0.3) is 0 Å². The van der Waals surface area contributed by atoms with Crippen LogP contribution in [0.15, 0.2) is 59.5 Å². The van der Waals surface area contributed by atoms with Crippen molar-refractivity contribution in [2.75, 3.05) is 13.7 Å². The first kappa shape index (κ1) is 19.1. The van der Waals surface area contributed by atoms with Gasteiger partial charge in [-0.3, -0.25) is 4.79 Å². The van der Waals surface area contributed by atoms with E-state index in [9.17, 15) is 13.2 Å². The molecule has 0 N–H and O–H groups in total. The number of carbonyl (C=O) groups excluding carboxylic acids is 1. The van der Waals surface area contributed by atoms with Crippen molar-refractivity contribution in [2.45, 2.75) is 31.2 Å². The summed E-state index contributed by atoms with van der Waals surface area (Å²) in [5, 5.41) is 0. The molecule has 1 atom stereocenters. The molecule has 0 aromatic heterocycles. The Morgan fingerprint density at radius 2 is 1.68 bits per heavy atom. The number of esters is 1. The van der Waals surface area contributed by atoms with Crippen molar-refractivity contribution >= 4 is 16.0 Å². The van der Waals surface area contributed by atoms with Gasteiger partial charge in [0.1, 0.15) is 6.54 Å². The highest BCUT2D eigenvalue weighted by atomic mass is 32.2. The van der Waals surface area contributed by atoms with Gasteiger partial charge < -0.3 is 4.74 Å². The second-order valence-electron chi connectivity index (χ2n) is 5.77. The van der Waals surface area contributed by atoms with Gasteiger partial charge >= 0.3 is 5.97 Å². The van der Waals surface area contributed by atoms with E-state index in [0.29, 0.717) is 6.42 Å². The molecule has 0 saturated heterocycles. The Kier molecular flexibility index (Phi) is 6.33. The van der Waals surface area contributed by atoms with Gasteiger partial charge in [-0.05, 0) is 31.0 Å². The van der Waals surface area contributed by atoms with Gasteiger partial charge in [0.2, 0.25) is 10.0 Å². The lowest BCUT2D eigenvalue weighted by Gasteiger charge is -2.29. The molecule has 0 bridgehead atoms. The SMILES string of the molecule is CC[C@H](c1ccccc1)N(CC(=O)OC)S(=O)(=O)c1ccc(C)cc1. The van der Waals surface area contributed by atoms with Crippen molar-refractivity contribution in [3.8, 4) is 0 Å². The number of ether oxygens (including phenoxy) is 1. The summed E-state index contributed by atoms with van der Waals surface area (Å²) in [5.74, 6) is -0.593. The average Bonchev–Trinajstić information content (AvgIpc) is 2.62. The van der Waals surface area contributed by atoms with Crippen LogP contribution in [0.5, 0.6) is 0 Å². The monoisotopic (exact) mass is 361 g/mol. The van der Waals surface area contributed by atoms with Crippen LogP contribution in [0.3, 0.4) is 0 Å². The number of methoxy groups -OCH3 is 1. The molecule has 2 rings (SSSR count). The van der Waals surface area contributed by atoms with Crippen molar-refractivity contribution in [1.82, 2.24) is 4.31 Å². The molecule has 134 valence electrons. The summed E-state index contributed by atoms with van der Waals surface area (Å²) < 4.78 is 32.3. The normalized spacial score (nSPS) is 12.8. The predicted octanol–water partition coefficient (Wildman–Crippen LogP) is 3.31. The number of rotatable bonds is 7. The molecule has 0 aliphatic carbocycles. The van der Waals surface area contributed by atoms with Gasteiger partial charge in [0, 0.05) is 0 Å². The highest BCUT2D eigenvalue weighted by Crippen LogP contribution is 2.30. The first-order chi connectivity index (χ1) is 11.9. The Morgan fingerprint density at radius 3 is 2.20 bits per heavy atom. The van der Waals surface area contributed by atoms with Gasteiger partial charge in [-0.1, -0.05) is 55.0 Å². The fourth-order valence-corrected chi connectivity index (χ4v) is 4.31. The maximum absolute atomic E-state index is 13.2. The minimum Gasteiger partial charge on any atom is -0.468 e. The molecule has 0 aliphatic heterocycles. The van der Waals surface area contributed by atoms with Gasteiger partial charge in [-0.15, -0.1) is 0 Å². The second-order valence-corrected chi connectivity index (χ2v) is 7.66. The third kappa shape index (κ3) is 4.46. The Hall–Kier alpha value is -2.18. The molecule has 0 spiro atoms. The lowest BCUT2D eigenvalue weighted by Crippen LogP contribution is -2.39. The summed E-state index contributed by atoms with van der Waals surface area (Å²) in [5.41, 5.74) is 1.80. The third-order valence-electron chi connectivity index (χ3n) is 4.06. The van der Waals surface area contributed by atoms with Crippen LogP contribution in [-0.4, -0.2) is 32.3 Å². The molecule has 6 heteroatoms. The Bertz CT molecular complexity index is 801. The van der Waals surface area contributed by atoms with Gasteiger partial charge in [0.05, 0.1) is 18.0 Å². The van der Waals surface area contributed by atoms with Crippen LogP contribution in [0.2, 0.25) is 0 Å². The first-order valence-electron chi connectivity index (χ1n) is 8.10. The van der Waals surface area contributed by atoms with E-state index in [1.165, 1.54) is 11.4 Å². The van der Waals surface area contributed by atoms with E-state index >= 15 is 0 Å². The zero-order valence-electron chi connectivity index (χ0n) is 14.7. The summed E-state index contributed by atoms with van der Waals surface area (Å²) in [6.45, 7) is 3.45. The van der Waals surface area contributed by atoms with Crippen LogP contribution in [0.25, 0.3) is 0 Å². The van der Waals surface area contributed by atoms with E-state index in [4.69, 9.17) is 4.74 Å². The second kappa shape index (κ2) is 8.27. The fraction of sp³-hybridized carbons (Fsp3) is 0.316. The van der Waals surface area contributed by atoms with Crippen LogP contribution in [0.1, 0.15) is 30.5 Å². The molecule has 0 radical (unpaired) electrons. The van der Waals surface area contributed by atoms with Crippen LogP contribution < -0.4 is 0 Å². The van der Waals surface area contributed by atoms with E-state index in [-0.39, 0.29) is 11.4 Å². The molecule has 0 fully saturated rings. The van der Waals surface area contributed by atoms with Gasteiger partial charge in [-0.2, -0.15) is 4.31 Å². The Labute approximate surface area is 149 Å². The van der Waals surface area contributed by atoms with Crippen molar-refractivity contribution in [3.05, 3.63) is 65.7 Å². The molecule has 0 aliphatic rings. The predicted molar refractivity (Wildman–Crippen MR) is 96.6 cm³/mol. The van der Waals surface area contributed by atoms with Crippen molar-refractivity contribution in [3.63, 3.8) is 0 Å². The number of hydrogen-bond acceptors (Lipinski definition) is 4. The largest absolute Gasteiger partial charge is 0.468 e. The third-order valence-corrected chi connectivity index (χ3v) is 5.93. The van der Waals surface area contributed by atoms with Crippen molar-refractivity contribution in [1.29, 1.82) is 0 Å². The number of hydrogen-bond donors (Lipinski definition) is 0. The van der Waals surface area contributed by atoms with Gasteiger partial charge in [0.15, 0.2) is 0 Å². The molecule has 0 unspecified atom stereocenters. The number of benzene rings is 2. The lowest BCUT2D eigenvalue weighted by molar-refractivity contribution is -0.141. The zero-order chi connectivity index (χ0) is 18.4. The molecule has 25 heavy (non-hydrogen) atoms. The molecule has 0 amide bonds. The van der Waals surface area contributed by atoms with Crippen molar-refractivity contribution in [2.24, 2.45) is 0 Å². The molecule has 5 nitrogen and oxygen atoms in total. The van der Waals surface area contributed by atoms with E-state index in [0.717, 1.165) is 11.1 Å². The minimum atomic E-state index is -3.85. The molecular formula is C19H23NO4S. The topological polar surface area (TPSA) is 63.7 Å². The zero-order valence-corrected chi connectivity index (χ0v) is 15.5. The number of aryl methyl sites for hydroxylation is 1. The van der Waals surface area contributed by atoms with E-state index in [1.807, 2.05) is 44.2 Å². The Balaban J connectivity index is 2.50. The van der Waals surface area contributed by atoms with Crippen LogP contribution in [-0.2, 0) is 19.6 Å². The van der Waals surface area contributed by atoms with Crippen LogP contribution in [0, 0.1) is 6.92 Å². The number of sulfonamides is 1. The lowest BCUT2D eigenvalue weighted by atomic mass is 10.0. The Morgan fingerprint density at radius 1 is 1.08 bits per heavy atom. The maximum atomic E-state index is 13.2. The highest BCUT2D eigenvalue weighted by Gasteiger charge is 2.33. The van der Waals surface area contributed by atoms with Crippen LogP contribution >= 0.6 is 0 Å². The molecule has 0 saturated carbocycles. The van der Waals surface area contributed by atoms with Crippen molar-refractivity contribution < 1.29 is 17.9 Å². The summed E-state index contributed by atoms with van der Waals surface area (Å²) in [6, 6.07) is 15.5. The summed E-state index contributed by atoms with van der Waals surface area (Å²) in [6.07, 6.45) is 0.534. The highest BCUT2D eigenvalue weighted by molar-refractivity contribution is 7.89. The standard InChI is InChI=1S/C19H23NO4S/c1-4-18(16-8-6-5-7-9-16)20(14-19(21)24-3)25(22,23)17-12-10-15(2)11-13-17/h5-13,18H,4,14H2,1-3H3/t18-/m1/s1. The summed E-state index contributed by atoms with van der Waals surface area (Å²) in [7, 11) is -2.60. The number of nitrogens with zero attached hydrogens (tertiary/aromatic N) is 1.